The van der Waals surface area contributed by atoms with Crippen LogP contribution in [0.1, 0.15) is 0 Å². The molecule has 9 nitrogen and oxygen atoms in total. The zero-order chi connectivity index (χ0) is 10.7. The molecule has 0 radical (unpaired) electrons. The Kier molecular flexibility index (Phi) is 19.0. The summed E-state index contributed by atoms with van der Waals surface area (Å²) in [6, 6.07) is 0. The molecule has 0 aliphatic rings. The highest BCUT2D eigenvalue weighted by Gasteiger charge is 1.26. The number of rotatable bonds is 0. The fraction of sp³-hybridized carbons (Fsp3) is 0. The van der Waals surface area contributed by atoms with E-state index in [9.17, 15) is 0 Å². The van der Waals surface area contributed by atoms with E-state index in [1.807, 2.05) is 0 Å². The Hall–Kier alpha value is -0.590. The van der Waals surface area contributed by atoms with Crippen molar-refractivity contribution in [2.24, 2.45) is 0 Å². The van der Waals surface area contributed by atoms with Crippen molar-refractivity contribution in [3.8, 4) is 0 Å². The molecule has 0 aliphatic heterocycles. The Morgan fingerprint density at radius 1 is 0.833 bits per heavy atom. The second-order valence-electron chi connectivity index (χ2n) is 0.658. The molecule has 0 heterocycles. The van der Waals surface area contributed by atoms with Gasteiger partial charge >= 0.3 is 0 Å². The number of carbonyl (C=O) groups is 1. The van der Waals surface area contributed by atoms with E-state index in [1.165, 1.54) is 0 Å². The predicted octanol–water partition coefficient (Wildman–Crippen LogP) is -4.46. The molecule has 0 N–H and O–H groups in total. The van der Waals surface area contributed by atoms with E-state index in [2.05, 4.69) is 0 Å². The summed E-state index contributed by atoms with van der Waals surface area (Å²) in [6.45, 7) is 0. The lowest BCUT2D eigenvalue weighted by Crippen LogP contribution is -2.37. The third kappa shape index (κ3) is 1910. The predicted molar refractivity (Wildman–Crippen MR) is 24.8 cm³/mol. The number of carboxylic acid groups (broad SMARTS) is 2. The van der Waals surface area contributed by atoms with Gasteiger partial charge in [-0.25, -0.2) is 0 Å². The fourth-order valence-electron chi connectivity index (χ4n) is 0. The van der Waals surface area contributed by atoms with Crippen LogP contribution in [-0.4, -0.2) is 32.8 Å². The van der Waals surface area contributed by atoms with E-state index in [0.29, 0.717) is 0 Å². The molecule has 76 valence electrons. The summed E-state index contributed by atoms with van der Waals surface area (Å²) < 4.78 is 50.7. The summed E-state index contributed by atoms with van der Waals surface area (Å²) in [5.74, 6) is 0. The standard InChI is InChI=1S/CH2O3.2H2O3S/c2-1(3)4;2*1-4(2)3/h(H2,2,3,4);2*(H2,1,2,3)/p-6. The molecule has 11 heteroatoms. The van der Waals surface area contributed by atoms with E-state index >= 15 is 0 Å². The van der Waals surface area contributed by atoms with Gasteiger partial charge in [0.1, 0.15) is 0 Å². The molecular weight excluding hydrogens is 220 g/mol. The molecule has 0 unspecified atom stereocenters. The van der Waals surface area contributed by atoms with Gasteiger partial charge in [-0.15, -0.1) is 22.7 Å². The molecule has 0 saturated carbocycles. The molecule has 0 saturated heterocycles. The maximum atomic E-state index is 8.44. The Labute approximate surface area is 71.3 Å². The van der Waals surface area contributed by atoms with Crippen molar-refractivity contribution >= 4 is 28.9 Å². The zero-order valence-corrected chi connectivity index (χ0v) is 6.62. The van der Waals surface area contributed by atoms with E-state index in [4.69, 9.17) is 41.6 Å². The summed E-state index contributed by atoms with van der Waals surface area (Å²) in [5.41, 5.74) is 0. The molecule has 0 aromatic rings. The van der Waals surface area contributed by atoms with E-state index in [0.717, 1.165) is 0 Å². The van der Waals surface area contributed by atoms with Crippen molar-refractivity contribution in [3.63, 3.8) is 0 Å². The van der Waals surface area contributed by atoms with Gasteiger partial charge in [-0.05, 0) is 6.16 Å². The minimum atomic E-state index is -3.11. The minimum absolute atomic E-state index is 2.33. The summed E-state index contributed by atoms with van der Waals surface area (Å²) in [7, 11) is 0. The summed E-state index contributed by atoms with van der Waals surface area (Å²) in [4.78, 5) is 8.33. The molecule has 0 bridgehead atoms. The first kappa shape index (κ1) is 17.5. The van der Waals surface area contributed by atoms with Gasteiger partial charge in [-0.2, -0.15) is 0 Å². The van der Waals surface area contributed by atoms with Crippen LogP contribution in [0.5, 0.6) is 0 Å². The molecule has 0 amide bonds. The van der Waals surface area contributed by atoms with Gasteiger partial charge in [-0.3, -0.25) is 8.42 Å². The third-order valence-electron chi connectivity index (χ3n) is 0. The van der Waals surface area contributed by atoms with Crippen molar-refractivity contribution in [3.05, 3.63) is 0 Å². The highest BCUT2D eigenvalue weighted by atomic mass is 32.2. The largest absolute Gasteiger partial charge is 0.784 e. The van der Waals surface area contributed by atoms with Crippen LogP contribution in [0.4, 0.5) is 4.79 Å². The first-order valence-electron chi connectivity index (χ1n) is 1.61. The van der Waals surface area contributed by atoms with Crippen molar-refractivity contribution in [1.29, 1.82) is 0 Å². The number of hydrogen-bond acceptors (Lipinski definition) is 9. The van der Waals surface area contributed by atoms with Crippen molar-refractivity contribution in [2.75, 3.05) is 0 Å². The van der Waals surface area contributed by atoms with Gasteiger partial charge in [0.05, 0.1) is 0 Å². The van der Waals surface area contributed by atoms with Crippen LogP contribution in [0.15, 0.2) is 0 Å². The fourth-order valence-corrected chi connectivity index (χ4v) is 0. The van der Waals surface area contributed by atoms with E-state index in [1.54, 1.807) is 0 Å². The molecule has 0 aliphatic carbocycles. The zero-order valence-electron chi connectivity index (χ0n) is 4.99. The Bertz CT molecular complexity index is 110. The Morgan fingerprint density at radius 2 is 0.833 bits per heavy atom. The highest BCUT2D eigenvalue weighted by Crippen LogP contribution is 1.43. The van der Waals surface area contributed by atoms with Crippen LogP contribution in [0, 0.1) is 0 Å². The number of carbonyl (C=O) groups excluding carboxylic acids is 1. The molecular formula is CO9S2-6. The van der Waals surface area contributed by atoms with Crippen LogP contribution in [0.2, 0.25) is 0 Å². The second-order valence-corrected chi connectivity index (χ2v) is 1.47. The summed E-state index contributed by atoms with van der Waals surface area (Å²) in [6.07, 6.45) is -2.33. The van der Waals surface area contributed by atoms with Crippen molar-refractivity contribution in [2.45, 2.75) is 0 Å². The lowest BCUT2D eigenvalue weighted by atomic mass is 11.5. The summed E-state index contributed by atoms with van der Waals surface area (Å²) in [5, 5.41) is 16.7. The average Bonchev–Trinajstić information content (AvgIpc) is 1.54. The topological polar surface area (TPSA) is 190 Å². The molecule has 0 aromatic heterocycles. The van der Waals surface area contributed by atoms with Gasteiger partial charge in [0.2, 0.25) is 0 Å². The van der Waals surface area contributed by atoms with Crippen molar-refractivity contribution < 1.29 is 41.6 Å². The normalized spacial score (nSPS) is 7.83. The summed E-state index contributed by atoms with van der Waals surface area (Å²) >= 11 is -6.22. The third-order valence-corrected chi connectivity index (χ3v) is 0. The maximum Gasteiger partial charge on any atom is -0.0431 e. The Morgan fingerprint density at radius 3 is 0.833 bits per heavy atom. The second kappa shape index (κ2) is 13.0. The van der Waals surface area contributed by atoms with Crippen LogP contribution in [0.3, 0.4) is 0 Å². The smallest absolute Gasteiger partial charge is 0.0431 e. The quantitative estimate of drug-likeness (QED) is 0.362. The van der Waals surface area contributed by atoms with Gasteiger partial charge in [0.15, 0.2) is 0 Å². The van der Waals surface area contributed by atoms with Crippen molar-refractivity contribution in [1.82, 2.24) is 0 Å². The van der Waals surface area contributed by atoms with Crippen LogP contribution >= 0.6 is 0 Å². The van der Waals surface area contributed by atoms with Gasteiger partial charge in [-0.1, -0.05) is 0 Å². The molecule has 0 spiro atoms. The molecule has 12 heavy (non-hydrogen) atoms. The van der Waals surface area contributed by atoms with Crippen LogP contribution < -0.4 is 10.2 Å². The lowest BCUT2D eigenvalue weighted by molar-refractivity contribution is -0.415. The minimum Gasteiger partial charge on any atom is -0.784 e. The van der Waals surface area contributed by atoms with Crippen LogP contribution in [0.25, 0.3) is 0 Å². The molecule has 0 atom stereocenters. The molecule has 0 fully saturated rings. The molecule has 0 aromatic carbocycles. The van der Waals surface area contributed by atoms with E-state index in [-0.39, 0.29) is 0 Å². The highest BCUT2D eigenvalue weighted by molar-refractivity contribution is 7.73. The van der Waals surface area contributed by atoms with Gasteiger partial charge in [0, 0.05) is 0 Å². The first-order chi connectivity index (χ1) is 5.20. The SMILES string of the molecule is O=C([O-])[O-].O=S([O-])[O-].O=S([O-])[O-]. The molecule has 0 rings (SSSR count). The van der Waals surface area contributed by atoms with Crippen LogP contribution in [-0.2, 0) is 22.7 Å². The monoisotopic (exact) mass is 220 g/mol. The number of hydrogen-bond donors (Lipinski definition) is 0. The maximum absolute atomic E-state index is 8.44. The Balaban J connectivity index is -0.000000101. The average molecular weight is 220 g/mol. The first-order valence-corrected chi connectivity index (χ1v) is 3.61. The van der Waals surface area contributed by atoms with E-state index < -0.39 is 28.9 Å². The van der Waals surface area contributed by atoms with Gasteiger partial charge < -0.3 is 33.2 Å². The lowest BCUT2D eigenvalue weighted by Gasteiger charge is -2.03. The van der Waals surface area contributed by atoms with Gasteiger partial charge in [0.25, 0.3) is 0 Å².